The molecular formula is C20H18O2. The van der Waals surface area contributed by atoms with Crippen LogP contribution in [0, 0.1) is 13.8 Å². The topological polar surface area (TPSA) is 40.5 Å². The molecule has 0 saturated heterocycles. The minimum atomic E-state index is -0.852. The maximum Gasteiger partial charge on any atom is 0.109 e. The molecule has 0 amide bonds. The Morgan fingerprint density at radius 1 is 0.864 bits per heavy atom. The predicted molar refractivity (Wildman–Crippen MR) is 90.9 cm³/mol. The molecule has 3 aromatic carbocycles. The summed E-state index contributed by atoms with van der Waals surface area (Å²) in [6.45, 7) is 4.19. The van der Waals surface area contributed by atoms with Crippen LogP contribution in [0.4, 0.5) is 0 Å². The molecule has 0 bridgehead atoms. The average Bonchev–Trinajstić information content (AvgIpc) is 2.51. The third kappa shape index (κ3) is 1.75. The molecular weight excluding hydrogens is 272 g/mol. The largest absolute Gasteiger partial charge is 0.386 e. The van der Waals surface area contributed by atoms with Crippen molar-refractivity contribution in [2.24, 2.45) is 0 Å². The van der Waals surface area contributed by atoms with Crippen LogP contribution in [0.15, 0.2) is 42.5 Å². The van der Waals surface area contributed by atoms with Crippen LogP contribution in [0.1, 0.15) is 28.4 Å². The Labute approximate surface area is 129 Å². The quantitative estimate of drug-likeness (QED) is 0.614. The van der Waals surface area contributed by atoms with E-state index in [1.165, 1.54) is 21.7 Å². The van der Waals surface area contributed by atoms with E-state index in [4.69, 9.17) is 0 Å². The van der Waals surface area contributed by atoms with Gasteiger partial charge < -0.3 is 10.2 Å². The summed E-state index contributed by atoms with van der Waals surface area (Å²) in [5, 5.41) is 25.1. The molecule has 2 unspecified atom stereocenters. The van der Waals surface area contributed by atoms with E-state index >= 15 is 0 Å². The Bertz CT molecular complexity index is 937. The first-order chi connectivity index (χ1) is 10.6. The summed E-state index contributed by atoms with van der Waals surface area (Å²) in [6, 6.07) is 12.6. The minimum absolute atomic E-state index is 0.815. The number of aryl methyl sites for hydroxylation is 2. The zero-order valence-corrected chi connectivity index (χ0v) is 12.7. The molecule has 110 valence electrons. The second-order valence-corrected chi connectivity index (χ2v) is 6.15. The lowest BCUT2D eigenvalue weighted by Crippen LogP contribution is -2.19. The Morgan fingerprint density at radius 2 is 1.59 bits per heavy atom. The first-order valence-corrected chi connectivity index (χ1v) is 7.58. The highest BCUT2D eigenvalue weighted by molar-refractivity contribution is 6.13. The van der Waals surface area contributed by atoms with Gasteiger partial charge in [0.2, 0.25) is 0 Å². The summed E-state index contributed by atoms with van der Waals surface area (Å²) in [6.07, 6.45) is 1.93. The van der Waals surface area contributed by atoms with Crippen molar-refractivity contribution in [3.63, 3.8) is 0 Å². The molecule has 0 radical (unpaired) electrons. The fourth-order valence-corrected chi connectivity index (χ4v) is 3.65. The van der Waals surface area contributed by atoms with Crippen LogP contribution in [0.3, 0.4) is 0 Å². The summed E-state index contributed by atoms with van der Waals surface area (Å²) < 4.78 is 0. The Hall–Kier alpha value is -2.16. The van der Waals surface area contributed by atoms with Crippen LogP contribution in [0.2, 0.25) is 0 Å². The van der Waals surface area contributed by atoms with Crippen LogP contribution >= 0.6 is 0 Å². The molecule has 2 atom stereocenters. The van der Waals surface area contributed by atoms with Gasteiger partial charge in [-0.3, -0.25) is 0 Å². The first-order valence-electron chi connectivity index (χ1n) is 7.58. The fourth-order valence-electron chi connectivity index (χ4n) is 3.65. The van der Waals surface area contributed by atoms with Gasteiger partial charge in [0.25, 0.3) is 0 Å². The van der Waals surface area contributed by atoms with Crippen molar-refractivity contribution < 1.29 is 10.2 Å². The summed E-state index contributed by atoms with van der Waals surface area (Å²) in [5.41, 5.74) is 4.19. The molecule has 0 aliphatic heterocycles. The average molecular weight is 290 g/mol. The van der Waals surface area contributed by atoms with E-state index < -0.39 is 12.2 Å². The highest BCUT2D eigenvalue weighted by Gasteiger charge is 2.25. The third-order valence-corrected chi connectivity index (χ3v) is 4.72. The van der Waals surface area contributed by atoms with Crippen LogP contribution in [-0.2, 0) is 0 Å². The lowest BCUT2D eigenvalue weighted by atomic mass is 9.84. The lowest BCUT2D eigenvalue weighted by molar-refractivity contribution is 0.0471. The Morgan fingerprint density at radius 3 is 2.36 bits per heavy atom. The summed E-state index contributed by atoms with van der Waals surface area (Å²) in [7, 11) is 0. The zero-order chi connectivity index (χ0) is 15.4. The van der Waals surface area contributed by atoms with Crippen molar-refractivity contribution in [3.05, 3.63) is 64.7 Å². The van der Waals surface area contributed by atoms with Crippen molar-refractivity contribution >= 4 is 27.6 Å². The van der Waals surface area contributed by atoms with Gasteiger partial charge in [-0.1, -0.05) is 48.6 Å². The molecule has 3 aromatic rings. The smallest absolute Gasteiger partial charge is 0.109 e. The molecule has 1 aliphatic rings. The third-order valence-electron chi connectivity index (χ3n) is 4.72. The number of benzene rings is 3. The summed E-state index contributed by atoms with van der Waals surface area (Å²) >= 11 is 0. The number of rotatable bonds is 0. The molecule has 0 aromatic heterocycles. The van der Waals surface area contributed by atoms with Gasteiger partial charge in [0.05, 0.1) is 0 Å². The second-order valence-electron chi connectivity index (χ2n) is 6.15. The molecule has 0 saturated carbocycles. The lowest BCUT2D eigenvalue weighted by Gasteiger charge is -2.25. The van der Waals surface area contributed by atoms with E-state index in [1.54, 1.807) is 6.08 Å². The monoisotopic (exact) mass is 290 g/mol. The van der Waals surface area contributed by atoms with E-state index in [0.717, 1.165) is 22.1 Å². The predicted octanol–water partition coefficient (Wildman–Crippen LogP) is 4.03. The molecule has 2 nitrogen and oxygen atoms in total. The summed E-state index contributed by atoms with van der Waals surface area (Å²) in [5.74, 6) is 0. The normalized spacial score (nSPS) is 20.5. The molecule has 2 N–H and O–H groups in total. The van der Waals surface area contributed by atoms with Crippen molar-refractivity contribution in [2.45, 2.75) is 26.1 Å². The van der Waals surface area contributed by atoms with Gasteiger partial charge in [0, 0.05) is 0 Å². The number of fused-ring (bicyclic) bond motifs is 5. The zero-order valence-electron chi connectivity index (χ0n) is 12.7. The van der Waals surface area contributed by atoms with Gasteiger partial charge in [-0.05, 0) is 57.6 Å². The van der Waals surface area contributed by atoms with Crippen molar-refractivity contribution in [1.29, 1.82) is 0 Å². The van der Waals surface area contributed by atoms with Gasteiger partial charge in [-0.2, -0.15) is 0 Å². The van der Waals surface area contributed by atoms with Gasteiger partial charge >= 0.3 is 0 Å². The number of hydrogen-bond acceptors (Lipinski definition) is 2. The highest BCUT2D eigenvalue weighted by Crippen LogP contribution is 2.39. The number of hydrogen-bond donors (Lipinski definition) is 2. The molecule has 22 heavy (non-hydrogen) atoms. The first kappa shape index (κ1) is 13.5. The number of aliphatic hydroxyl groups is 2. The number of aliphatic hydroxyl groups excluding tert-OH is 2. The fraction of sp³-hybridized carbons (Fsp3) is 0.200. The van der Waals surface area contributed by atoms with E-state index in [2.05, 4.69) is 44.2 Å². The van der Waals surface area contributed by atoms with Crippen molar-refractivity contribution in [3.8, 4) is 0 Å². The van der Waals surface area contributed by atoms with E-state index in [1.807, 2.05) is 12.1 Å². The molecule has 0 spiro atoms. The van der Waals surface area contributed by atoms with Crippen LogP contribution in [0.25, 0.3) is 27.6 Å². The molecule has 2 heteroatoms. The minimum Gasteiger partial charge on any atom is -0.386 e. The van der Waals surface area contributed by atoms with Gasteiger partial charge in [0.15, 0.2) is 0 Å². The second kappa shape index (κ2) is 4.67. The van der Waals surface area contributed by atoms with Crippen LogP contribution in [-0.4, -0.2) is 16.3 Å². The van der Waals surface area contributed by atoms with Gasteiger partial charge in [-0.25, -0.2) is 0 Å². The molecule has 0 fully saturated rings. The van der Waals surface area contributed by atoms with Crippen LogP contribution < -0.4 is 0 Å². The van der Waals surface area contributed by atoms with Crippen molar-refractivity contribution in [1.82, 2.24) is 0 Å². The SMILES string of the molecule is Cc1cc2c3c(cc(C)c2c2ccccc12)C(O)C(O)C=C3. The Balaban J connectivity index is 2.22. The van der Waals surface area contributed by atoms with Gasteiger partial charge in [0.1, 0.15) is 12.2 Å². The maximum atomic E-state index is 10.3. The molecule has 0 heterocycles. The van der Waals surface area contributed by atoms with E-state index in [-0.39, 0.29) is 0 Å². The van der Waals surface area contributed by atoms with E-state index in [0.29, 0.717) is 0 Å². The molecule has 4 rings (SSSR count). The van der Waals surface area contributed by atoms with Gasteiger partial charge in [-0.15, -0.1) is 0 Å². The molecule has 1 aliphatic carbocycles. The Kier molecular flexibility index (Phi) is 2.86. The van der Waals surface area contributed by atoms with Crippen LogP contribution in [0.5, 0.6) is 0 Å². The van der Waals surface area contributed by atoms with Crippen molar-refractivity contribution in [2.75, 3.05) is 0 Å². The summed E-state index contributed by atoms with van der Waals surface area (Å²) in [4.78, 5) is 0. The maximum absolute atomic E-state index is 10.3. The highest BCUT2D eigenvalue weighted by atomic mass is 16.3. The van der Waals surface area contributed by atoms with E-state index in [9.17, 15) is 10.2 Å². The standard InChI is InChI=1S/C20H18O2/c1-11-9-16-14-7-8-18(21)20(22)17(14)10-12(2)19(16)15-6-4-3-5-13(11)15/h3-10,18,20-22H,1-2H3.